The molecule has 0 spiro atoms. The number of rotatable bonds is 3. The maximum atomic E-state index is 10.4. The Morgan fingerprint density at radius 2 is 2.11 bits per heavy atom. The van der Waals surface area contributed by atoms with Crippen LogP contribution in [0, 0.1) is 16.7 Å². The summed E-state index contributed by atoms with van der Waals surface area (Å²) >= 11 is 6.05. The average molecular weight is 266 g/mol. The lowest BCUT2D eigenvalue weighted by molar-refractivity contribution is 0.0671. The van der Waals surface area contributed by atoms with E-state index in [4.69, 9.17) is 16.3 Å². The maximum absolute atomic E-state index is 10.4. The molecule has 0 saturated heterocycles. The van der Waals surface area contributed by atoms with Gasteiger partial charge in [-0.05, 0) is 30.5 Å². The van der Waals surface area contributed by atoms with E-state index in [0.29, 0.717) is 16.3 Å². The van der Waals surface area contributed by atoms with Gasteiger partial charge in [0, 0.05) is 0 Å². The average Bonchev–Trinajstić information content (AvgIpc) is 2.87. The van der Waals surface area contributed by atoms with Crippen molar-refractivity contribution in [2.24, 2.45) is 5.41 Å². The van der Waals surface area contributed by atoms with Crippen LogP contribution in [0.15, 0.2) is 18.2 Å². The number of methoxy groups -OCH3 is 1. The first kappa shape index (κ1) is 13.2. The van der Waals surface area contributed by atoms with Crippen molar-refractivity contribution in [1.82, 2.24) is 0 Å². The maximum Gasteiger partial charge on any atom is 0.137 e. The van der Waals surface area contributed by atoms with Crippen LogP contribution in [0.3, 0.4) is 0 Å². The lowest BCUT2D eigenvalue weighted by Crippen LogP contribution is -2.23. The molecule has 1 aromatic rings. The van der Waals surface area contributed by atoms with Gasteiger partial charge in [0.05, 0.1) is 29.7 Å². The van der Waals surface area contributed by atoms with Gasteiger partial charge in [0.15, 0.2) is 0 Å². The second-order valence-corrected chi connectivity index (χ2v) is 5.18. The normalized spacial score (nSPS) is 19.2. The summed E-state index contributed by atoms with van der Waals surface area (Å²) in [6.45, 7) is 0. The van der Waals surface area contributed by atoms with Crippen molar-refractivity contribution in [2.45, 2.75) is 31.8 Å². The zero-order valence-electron chi connectivity index (χ0n) is 10.3. The predicted octanol–water partition coefficient (Wildman–Crippen LogP) is 3.47. The number of hydrogen-bond donors (Lipinski definition) is 1. The first-order chi connectivity index (χ1) is 8.63. The van der Waals surface area contributed by atoms with E-state index in [-0.39, 0.29) is 0 Å². The highest BCUT2D eigenvalue weighted by molar-refractivity contribution is 6.32. The molecule has 1 aromatic carbocycles. The molecule has 1 aliphatic rings. The van der Waals surface area contributed by atoms with E-state index in [1.807, 2.05) is 0 Å². The second kappa shape index (κ2) is 5.17. The minimum absolute atomic E-state index is 0.458. The van der Waals surface area contributed by atoms with Gasteiger partial charge in [-0.1, -0.05) is 30.5 Å². The molecular weight excluding hydrogens is 250 g/mol. The van der Waals surface area contributed by atoms with E-state index < -0.39 is 11.5 Å². The quantitative estimate of drug-likeness (QED) is 0.910. The van der Waals surface area contributed by atoms with Crippen molar-refractivity contribution in [2.75, 3.05) is 7.11 Å². The minimum atomic E-state index is -0.784. The molecule has 1 fully saturated rings. The van der Waals surface area contributed by atoms with Crippen LogP contribution in [0.2, 0.25) is 5.02 Å². The molecule has 0 aromatic heterocycles. The number of halogens is 1. The zero-order valence-corrected chi connectivity index (χ0v) is 11.1. The number of aliphatic hydroxyl groups is 1. The smallest absolute Gasteiger partial charge is 0.137 e. The molecule has 3 nitrogen and oxygen atoms in total. The number of nitriles is 1. The lowest BCUT2D eigenvalue weighted by Gasteiger charge is -2.27. The summed E-state index contributed by atoms with van der Waals surface area (Å²) in [6, 6.07) is 7.48. The van der Waals surface area contributed by atoms with E-state index in [2.05, 4.69) is 6.07 Å². The van der Waals surface area contributed by atoms with Crippen LogP contribution in [0.25, 0.3) is 0 Å². The summed E-state index contributed by atoms with van der Waals surface area (Å²) in [5.74, 6) is 0.574. The Bertz CT molecular complexity index is 475. The molecule has 1 atom stereocenters. The van der Waals surface area contributed by atoms with Gasteiger partial charge < -0.3 is 9.84 Å². The molecular formula is C14H16ClNO2. The summed E-state index contributed by atoms with van der Waals surface area (Å²) in [6.07, 6.45) is 2.69. The highest BCUT2D eigenvalue weighted by atomic mass is 35.5. The summed E-state index contributed by atoms with van der Waals surface area (Å²) in [4.78, 5) is 0. The van der Waals surface area contributed by atoms with Gasteiger partial charge in [-0.2, -0.15) is 5.26 Å². The van der Waals surface area contributed by atoms with Gasteiger partial charge in [0.2, 0.25) is 0 Å². The largest absolute Gasteiger partial charge is 0.495 e. The van der Waals surface area contributed by atoms with Gasteiger partial charge in [-0.15, -0.1) is 0 Å². The summed E-state index contributed by atoms with van der Waals surface area (Å²) in [7, 11) is 1.55. The Balaban J connectivity index is 2.31. The number of nitrogens with zero attached hydrogens (tertiary/aromatic N) is 1. The van der Waals surface area contributed by atoms with Gasteiger partial charge in [-0.25, -0.2) is 0 Å². The van der Waals surface area contributed by atoms with Gasteiger partial charge in [0.1, 0.15) is 5.75 Å². The highest BCUT2D eigenvalue weighted by Crippen LogP contribution is 2.47. The Hall–Kier alpha value is -1.24. The van der Waals surface area contributed by atoms with Crippen LogP contribution in [0.5, 0.6) is 5.75 Å². The fraction of sp³-hybridized carbons (Fsp3) is 0.500. The first-order valence-corrected chi connectivity index (χ1v) is 6.43. The SMILES string of the molecule is COc1ccc(C(O)C2(C#N)CCCC2)cc1Cl. The third kappa shape index (κ3) is 2.19. The zero-order chi connectivity index (χ0) is 13.2. The Morgan fingerprint density at radius 3 is 2.61 bits per heavy atom. The summed E-state index contributed by atoms with van der Waals surface area (Å²) < 4.78 is 5.08. The van der Waals surface area contributed by atoms with Crippen LogP contribution >= 0.6 is 11.6 Å². The van der Waals surface area contributed by atoms with Crippen molar-refractivity contribution in [1.29, 1.82) is 5.26 Å². The third-order valence-electron chi connectivity index (χ3n) is 3.73. The van der Waals surface area contributed by atoms with Crippen LogP contribution in [0.4, 0.5) is 0 Å². The molecule has 0 radical (unpaired) electrons. The van der Waals surface area contributed by atoms with Crippen LogP contribution in [0.1, 0.15) is 37.4 Å². The Labute approximate surface area is 112 Å². The molecule has 18 heavy (non-hydrogen) atoms. The molecule has 0 amide bonds. The topological polar surface area (TPSA) is 53.2 Å². The van der Waals surface area contributed by atoms with Gasteiger partial charge in [0.25, 0.3) is 0 Å². The fourth-order valence-corrected chi connectivity index (χ4v) is 2.89. The number of hydrogen-bond acceptors (Lipinski definition) is 3. The highest BCUT2D eigenvalue weighted by Gasteiger charge is 2.41. The lowest BCUT2D eigenvalue weighted by atomic mass is 9.79. The van der Waals surface area contributed by atoms with Crippen molar-refractivity contribution in [3.8, 4) is 11.8 Å². The number of ether oxygens (including phenoxy) is 1. The van der Waals surface area contributed by atoms with E-state index in [1.54, 1.807) is 25.3 Å². The predicted molar refractivity (Wildman–Crippen MR) is 69.5 cm³/mol. The molecule has 1 N–H and O–H groups in total. The standard InChI is InChI=1S/C14H16ClNO2/c1-18-12-5-4-10(8-11(12)15)13(17)14(9-16)6-2-3-7-14/h4-5,8,13,17H,2-3,6-7H2,1H3. The molecule has 0 bridgehead atoms. The van der Waals surface area contributed by atoms with Crippen LogP contribution < -0.4 is 4.74 Å². The van der Waals surface area contributed by atoms with Crippen molar-refractivity contribution in [3.63, 3.8) is 0 Å². The van der Waals surface area contributed by atoms with Crippen LogP contribution in [-0.2, 0) is 0 Å². The molecule has 0 heterocycles. The molecule has 1 saturated carbocycles. The van der Waals surface area contributed by atoms with Gasteiger partial charge >= 0.3 is 0 Å². The molecule has 4 heteroatoms. The van der Waals surface area contributed by atoms with Crippen molar-refractivity contribution in [3.05, 3.63) is 28.8 Å². The third-order valence-corrected chi connectivity index (χ3v) is 4.03. The second-order valence-electron chi connectivity index (χ2n) is 4.77. The van der Waals surface area contributed by atoms with E-state index in [9.17, 15) is 10.4 Å². The molecule has 96 valence electrons. The van der Waals surface area contributed by atoms with E-state index in [1.165, 1.54) is 0 Å². The van der Waals surface area contributed by atoms with Crippen molar-refractivity contribution < 1.29 is 9.84 Å². The molecule has 1 unspecified atom stereocenters. The first-order valence-electron chi connectivity index (χ1n) is 6.06. The number of benzene rings is 1. The molecule has 2 rings (SSSR count). The summed E-state index contributed by atoms with van der Waals surface area (Å²) in [5, 5.41) is 20.2. The Morgan fingerprint density at radius 1 is 1.44 bits per heavy atom. The molecule has 0 aliphatic heterocycles. The van der Waals surface area contributed by atoms with Gasteiger partial charge in [-0.3, -0.25) is 0 Å². The van der Waals surface area contributed by atoms with Crippen LogP contribution in [-0.4, -0.2) is 12.2 Å². The monoisotopic (exact) mass is 265 g/mol. The van der Waals surface area contributed by atoms with E-state index >= 15 is 0 Å². The number of aliphatic hydroxyl groups excluding tert-OH is 1. The molecule has 1 aliphatic carbocycles. The minimum Gasteiger partial charge on any atom is -0.495 e. The Kier molecular flexibility index (Phi) is 3.79. The van der Waals surface area contributed by atoms with Crippen molar-refractivity contribution >= 4 is 11.6 Å². The van der Waals surface area contributed by atoms with E-state index in [0.717, 1.165) is 25.7 Å². The fourth-order valence-electron chi connectivity index (χ4n) is 2.62. The summed E-state index contributed by atoms with van der Waals surface area (Å²) in [5.41, 5.74) is 0.0296.